The molecule has 90 valence electrons. The monoisotopic (exact) mass is 236 g/mol. The maximum atomic E-state index is 13.0. The van der Waals surface area contributed by atoms with Gasteiger partial charge in [-0.2, -0.15) is 0 Å². The second-order valence-electron chi connectivity index (χ2n) is 4.08. The quantitative estimate of drug-likeness (QED) is 0.830. The molecule has 1 aliphatic heterocycles. The molecule has 0 aromatic heterocycles. The first-order valence-corrected chi connectivity index (χ1v) is 5.38. The van der Waals surface area contributed by atoms with E-state index in [2.05, 4.69) is 5.32 Å². The highest BCUT2D eigenvalue weighted by Crippen LogP contribution is 2.19. The largest absolute Gasteiger partial charge is 0.355 e. The molecule has 1 atom stereocenters. The van der Waals surface area contributed by atoms with Crippen LogP contribution in [0.15, 0.2) is 24.3 Å². The van der Waals surface area contributed by atoms with Gasteiger partial charge in [0.1, 0.15) is 5.82 Å². The number of nitrogens with zero attached hydrogens (tertiary/aromatic N) is 1. The minimum atomic E-state index is -0.386. The van der Waals surface area contributed by atoms with Crippen LogP contribution < -0.4 is 10.2 Å². The van der Waals surface area contributed by atoms with E-state index >= 15 is 0 Å². The van der Waals surface area contributed by atoms with Gasteiger partial charge in [0.25, 0.3) is 0 Å². The molecular formula is C12H13FN2O2. The molecule has 0 bridgehead atoms. The molecule has 5 heteroatoms. The van der Waals surface area contributed by atoms with Crippen molar-refractivity contribution in [2.45, 2.75) is 6.42 Å². The number of carbonyl (C=O) groups excluding carboxylic acids is 2. The molecule has 2 rings (SSSR count). The third-order valence-corrected chi connectivity index (χ3v) is 2.85. The van der Waals surface area contributed by atoms with Crippen LogP contribution in [0.2, 0.25) is 0 Å². The second-order valence-corrected chi connectivity index (χ2v) is 4.08. The Morgan fingerprint density at radius 2 is 2.29 bits per heavy atom. The smallest absolute Gasteiger partial charge is 0.232 e. The van der Waals surface area contributed by atoms with Crippen molar-refractivity contribution in [2.24, 2.45) is 5.92 Å². The van der Waals surface area contributed by atoms with E-state index in [4.69, 9.17) is 0 Å². The van der Waals surface area contributed by atoms with E-state index in [1.54, 1.807) is 19.2 Å². The zero-order valence-electron chi connectivity index (χ0n) is 9.44. The number of anilines is 1. The number of benzene rings is 1. The number of halogens is 1. The highest BCUT2D eigenvalue weighted by atomic mass is 19.1. The van der Waals surface area contributed by atoms with Crippen LogP contribution >= 0.6 is 0 Å². The number of hydrogen-bond acceptors (Lipinski definition) is 2. The van der Waals surface area contributed by atoms with E-state index in [0.29, 0.717) is 12.2 Å². The molecule has 0 saturated carbocycles. The lowest BCUT2D eigenvalue weighted by molar-refractivity contribution is -0.124. The zero-order chi connectivity index (χ0) is 12.4. The zero-order valence-corrected chi connectivity index (χ0v) is 9.44. The molecule has 1 aromatic carbocycles. The van der Waals surface area contributed by atoms with Crippen LogP contribution in [0.3, 0.4) is 0 Å². The molecule has 1 saturated heterocycles. The highest BCUT2D eigenvalue weighted by molar-refractivity contribution is 5.98. The predicted molar refractivity (Wildman–Crippen MR) is 60.9 cm³/mol. The molecule has 1 aromatic rings. The van der Waals surface area contributed by atoms with Crippen molar-refractivity contribution in [1.29, 1.82) is 0 Å². The summed E-state index contributed by atoms with van der Waals surface area (Å²) >= 11 is 0. The number of amides is 2. The van der Waals surface area contributed by atoms with Gasteiger partial charge in [-0.05, 0) is 18.2 Å². The van der Waals surface area contributed by atoms with Crippen molar-refractivity contribution >= 4 is 17.5 Å². The van der Waals surface area contributed by atoms with Crippen LogP contribution in [0.25, 0.3) is 0 Å². The Labute approximate surface area is 98.4 Å². The normalized spacial score (nSPS) is 18.9. The fraction of sp³-hybridized carbons (Fsp3) is 0.333. The second kappa shape index (κ2) is 4.53. The van der Waals surface area contributed by atoms with Gasteiger partial charge in [-0.1, -0.05) is 6.07 Å². The lowest BCUT2D eigenvalue weighted by Gasteiger charge is -2.20. The first-order valence-electron chi connectivity index (χ1n) is 5.38. The molecule has 4 nitrogen and oxygen atoms in total. The summed E-state index contributed by atoms with van der Waals surface area (Å²) < 4.78 is 13.0. The number of hydrogen-bond donors (Lipinski definition) is 1. The first-order chi connectivity index (χ1) is 8.08. The standard InChI is InChI=1S/C12H13FN2O2/c1-15(10-4-2-3-9(13)6-10)12(17)8-5-11(16)14-7-8/h2-4,6,8H,5,7H2,1H3,(H,14,16). The van der Waals surface area contributed by atoms with Crippen LogP contribution in [-0.4, -0.2) is 25.4 Å². The average molecular weight is 236 g/mol. The maximum absolute atomic E-state index is 13.0. The fourth-order valence-corrected chi connectivity index (χ4v) is 1.87. The summed E-state index contributed by atoms with van der Waals surface area (Å²) in [6.07, 6.45) is 0.207. The van der Waals surface area contributed by atoms with Crippen molar-refractivity contribution < 1.29 is 14.0 Å². The van der Waals surface area contributed by atoms with Gasteiger partial charge < -0.3 is 10.2 Å². The molecule has 0 radical (unpaired) electrons. The Bertz CT molecular complexity index is 462. The van der Waals surface area contributed by atoms with Crippen LogP contribution in [0.4, 0.5) is 10.1 Å². The molecule has 17 heavy (non-hydrogen) atoms. The van der Waals surface area contributed by atoms with Gasteiger partial charge in [0.05, 0.1) is 5.92 Å². The summed E-state index contributed by atoms with van der Waals surface area (Å²) in [5.74, 6) is -1.02. The maximum Gasteiger partial charge on any atom is 0.232 e. The van der Waals surface area contributed by atoms with Crippen molar-refractivity contribution in [1.82, 2.24) is 5.32 Å². The molecule has 1 heterocycles. The summed E-state index contributed by atoms with van der Waals surface area (Å²) in [5.41, 5.74) is 0.495. The van der Waals surface area contributed by atoms with Gasteiger partial charge in [0.2, 0.25) is 11.8 Å². The Hall–Kier alpha value is -1.91. The van der Waals surface area contributed by atoms with Gasteiger partial charge in [-0.3, -0.25) is 9.59 Å². The number of rotatable bonds is 2. The van der Waals surface area contributed by atoms with Crippen molar-refractivity contribution in [2.75, 3.05) is 18.5 Å². The predicted octanol–water partition coefficient (Wildman–Crippen LogP) is 0.925. The molecule has 2 amide bonds. The molecule has 1 N–H and O–H groups in total. The summed E-state index contributed by atoms with van der Waals surface area (Å²) in [7, 11) is 1.58. The fourth-order valence-electron chi connectivity index (χ4n) is 1.87. The van der Waals surface area contributed by atoms with E-state index in [9.17, 15) is 14.0 Å². The van der Waals surface area contributed by atoms with Gasteiger partial charge in [-0.25, -0.2) is 4.39 Å². The minimum absolute atomic E-state index is 0.115. The van der Waals surface area contributed by atoms with Crippen molar-refractivity contribution in [3.05, 3.63) is 30.1 Å². The van der Waals surface area contributed by atoms with Gasteiger partial charge in [0.15, 0.2) is 0 Å². The Kier molecular flexibility index (Phi) is 3.08. The third-order valence-electron chi connectivity index (χ3n) is 2.85. The van der Waals surface area contributed by atoms with Gasteiger partial charge >= 0.3 is 0 Å². The Morgan fingerprint density at radius 3 is 2.88 bits per heavy atom. The molecule has 0 aliphatic carbocycles. The lowest BCUT2D eigenvalue weighted by atomic mass is 10.1. The lowest BCUT2D eigenvalue weighted by Crippen LogP contribution is -2.33. The van der Waals surface area contributed by atoms with Crippen LogP contribution in [0.5, 0.6) is 0 Å². The first kappa shape index (κ1) is 11.6. The van der Waals surface area contributed by atoms with Crippen molar-refractivity contribution in [3.8, 4) is 0 Å². The van der Waals surface area contributed by atoms with Gasteiger partial charge in [0, 0.05) is 25.7 Å². The van der Waals surface area contributed by atoms with Crippen LogP contribution in [0, 0.1) is 11.7 Å². The van der Waals surface area contributed by atoms with E-state index in [-0.39, 0.29) is 30.0 Å². The number of nitrogens with one attached hydrogen (secondary N) is 1. The van der Waals surface area contributed by atoms with Crippen molar-refractivity contribution in [3.63, 3.8) is 0 Å². The van der Waals surface area contributed by atoms with Crippen LogP contribution in [0.1, 0.15) is 6.42 Å². The minimum Gasteiger partial charge on any atom is -0.355 e. The van der Waals surface area contributed by atoms with Crippen LogP contribution in [-0.2, 0) is 9.59 Å². The SMILES string of the molecule is CN(C(=O)C1CNC(=O)C1)c1cccc(F)c1. The Balaban J connectivity index is 2.12. The summed E-state index contributed by atoms with van der Waals surface area (Å²) in [6, 6.07) is 5.82. The Morgan fingerprint density at radius 1 is 1.53 bits per heavy atom. The summed E-state index contributed by atoms with van der Waals surface area (Å²) in [4.78, 5) is 24.4. The molecule has 1 fully saturated rings. The van der Waals surface area contributed by atoms with E-state index < -0.39 is 0 Å². The topological polar surface area (TPSA) is 49.4 Å². The molecule has 1 aliphatic rings. The highest BCUT2D eigenvalue weighted by Gasteiger charge is 2.30. The third kappa shape index (κ3) is 2.43. The van der Waals surface area contributed by atoms with Gasteiger partial charge in [-0.15, -0.1) is 0 Å². The average Bonchev–Trinajstić information content (AvgIpc) is 2.74. The van der Waals surface area contributed by atoms with E-state index in [1.165, 1.54) is 17.0 Å². The molecule has 1 unspecified atom stereocenters. The van der Waals surface area contributed by atoms with E-state index in [0.717, 1.165) is 0 Å². The van der Waals surface area contributed by atoms with E-state index in [1.807, 2.05) is 0 Å². The number of carbonyl (C=O) groups is 2. The summed E-state index contributed by atoms with van der Waals surface area (Å²) in [6.45, 7) is 0.358. The summed E-state index contributed by atoms with van der Waals surface area (Å²) in [5, 5.41) is 2.61. The molecular weight excluding hydrogens is 223 g/mol. The molecule has 0 spiro atoms.